The fourth-order valence-corrected chi connectivity index (χ4v) is 4.64. The monoisotopic (exact) mass is 544 g/mol. The molecule has 8 nitrogen and oxygen atoms in total. The first-order valence-electron chi connectivity index (χ1n) is 11.5. The summed E-state index contributed by atoms with van der Waals surface area (Å²) < 4.78 is 5.40. The van der Waals surface area contributed by atoms with Crippen LogP contribution in [0.5, 0.6) is 5.75 Å². The number of anilines is 2. The molecule has 0 spiro atoms. The summed E-state index contributed by atoms with van der Waals surface area (Å²) in [7, 11) is 1.54. The van der Waals surface area contributed by atoms with Crippen molar-refractivity contribution in [2.45, 2.75) is 4.90 Å². The predicted octanol–water partition coefficient (Wildman–Crippen LogP) is 5.29. The normalized spacial score (nSPS) is 10.9. The number of thioether (sulfide) groups is 1. The molecule has 1 aromatic heterocycles. The first-order chi connectivity index (χ1) is 18.5. The van der Waals surface area contributed by atoms with Crippen molar-refractivity contribution in [3.63, 3.8) is 0 Å². The quantitative estimate of drug-likeness (QED) is 0.185. The fraction of sp³-hybridized carbons (Fsp3) is 0.0714. The van der Waals surface area contributed by atoms with Crippen molar-refractivity contribution in [1.29, 1.82) is 0 Å². The van der Waals surface area contributed by atoms with Crippen LogP contribution in [0.25, 0.3) is 6.08 Å². The van der Waals surface area contributed by atoms with Gasteiger partial charge in [-0.2, -0.15) is 0 Å². The molecule has 10 heteroatoms. The molecule has 38 heavy (non-hydrogen) atoms. The average molecular weight is 545 g/mol. The van der Waals surface area contributed by atoms with Crippen LogP contribution in [0.2, 0.25) is 0 Å². The van der Waals surface area contributed by atoms with Crippen molar-refractivity contribution in [3.8, 4) is 5.75 Å². The van der Waals surface area contributed by atoms with Crippen molar-refractivity contribution < 1.29 is 19.1 Å². The zero-order valence-electron chi connectivity index (χ0n) is 20.3. The molecule has 3 N–H and O–H groups in total. The first-order valence-corrected chi connectivity index (χ1v) is 13.3. The van der Waals surface area contributed by atoms with Gasteiger partial charge in [-0.05, 0) is 42.5 Å². The Morgan fingerprint density at radius 1 is 0.974 bits per heavy atom. The number of thiazole rings is 1. The molecule has 0 unspecified atom stereocenters. The van der Waals surface area contributed by atoms with E-state index in [9.17, 15) is 14.4 Å². The van der Waals surface area contributed by atoms with Crippen molar-refractivity contribution in [1.82, 2.24) is 10.3 Å². The van der Waals surface area contributed by atoms with Gasteiger partial charge in [-0.1, -0.05) is 42.5 Å². The van der Waals surface area contributed by atoms with E-state index in [1.54, 1.807) is 72.3 Å². The molecule has 3 amide bonds. The summed E-state index contributed by atoms with van der Waals surface area (Å²) in [4.78, 5) is 43.2. The van der Waals surface area contributed by atoms with Gasteiger partial charge in [0.25, 0.3) is 11.8 Å². The number of rotatable bonds is 10. The number of hydrogen-bond acceptors (Lipinski definition) is 7. The van der Waals surface area contributed by atoms with E-state index in [1.807, 2.05) is 24.3 Å². The lowest BCUT2D eigenvalue weighted by Gasteiger charge is -2.13. The number of amides is 3. The van der Waals surface area contributed by atoms with Crippen LogP contribution in [0, 0.1) is 0 Å². The van der Waals surface area contributed by atoms with Crippen LogP contribution in [0.1, 0.15) is 15.9 Å². The topological polar surface area (TPSA) is 109 Å². The van der Waals surface area contributed by atoms with Gasteiger partial charge in [0.1, 0.15) is 11.4 Å². The Labute approximate surface area is 228 Å². The number of nitrogens with zero attached hydrogens (tertiary/aromatic N) is 1. The van der Waals surface area contributed by atoms with Crippen LogP contribution in [0.15, 0.2) is 101 Å². The van der Waals surface area contributed by atoms with E-state index in [2.05, 4.69) is 20.9 Å². The van der Waals surface area contributed by atoms with Gasteiger partial charge in [0.15, 0.2) is 5.13 Å². The molecule has 0 saturated heterocycles. The number of carbonyl (C=O) groups excluding carboxylic acids is 3. The highest BCUT2D eigenvalue weighted by Crippen LogP contribution is 2.24. The lowest BCUT2D eigenvalue weighted by atomic mass is 10.1. The summed E-state index contributed by atoms with van der Waals surface area (Å²) >= 11 is 2.68. The van der Waals surface area contributed by atoms with E-state index in [-0.39, 0.29) is 17.4 Å². The Morgan fingerprint density at radius 2 is 1.76 bits per heavy atom. The second kappa shape index (κ2) is 13.2. The maximum atomic E-state index is 13.3. The third kappa shape index (κ3) is 7.55. The third-order valence-corrected chi connectivity index (χ3v) is 6.79. The highest BCUT2D eigenvalue weighted by molar-refractivity contribution is 8.00. The molecule has 0 radical (unpaired) electrons. The molecule has 0 aliphatic heterocycles. The molecule has 0 atom stereocenters. The zero-order valence-corrected chi connectivity index (χ0v) is 22.0. The molecule has 192 valence electrons. The van der Waals surface area contributed by atoms with E-state index >= 15 is 0 Å². The lowest BCUT2D eigenvalue weighted by Crippen LogP contribution is -2.30. The summed E-state index contributed by atoms with van der Waals surface area (Å²) in [5.41, 5.74) is 1.61. The maximum absolute atomic E-state index is 13.3. The minimum atomic E-state index is -0.510. The molecule has 4 aromatic rings. The Kier molecular flexibility index (Phi) is 9.27. The van der Waals surface area contributed by atoms with E-state index in [4.69, 9.17) is 4.74 Å². The molecular weight excluding hydrogens is 520 g/mol. The molecule has 0 bridgehead atoms. The van der Waals surface area contributed by atoms with Gasteiger partial charge in [-0.3, -0.25) is 14.4 Å². The summed E-state index contributed by atoms with van der Waals surface area (Å²) in [6.45, 7) is 0. The van der Waals surface area contributed by atoms with Gasteiger partial charge in [0.2, 0.25) is 5.91 Å². The summed E-state index contributed by atoms with van der Waals surface area (Å²) in [5.74, 6) is -0.365. The summed E-state index contributed by atoms with van der Waals surface area (Å²) in [5, 5.41) is 10.6. The lowest BCUT2D eigenvalue weighted by molar-refractivity contribution is -0.114. The molecule has 0 fully saturated rings. The number of hydrogen-bond donors (Lipinski definition) is 3. The van der Waals surface area contributed by atoms with Crippen LogP contribution in [-0.2, 0) is 9.59 Å². The second-order valence-electron chi connectivity index (χ2n) is 7.78. The fourth-order valence-electron chi connectivity index (χ4n) is 3.34. The van der Waals surface area contributed by atoms with Gasteiger partial charge in [-0.15, -0.1) is 23.1 Å². The van der Waals surface area contributed by atoms with Crippen LogP contribution >= 0.6 is 23.1 Å². The van der Waals surface area contributed by atoms with Gasteiger partial charge in [-0.25, -0.2) is 4.98 Å². The minimum Gasteiger partial charge on any atom is -0.496 e. The van der Waals surface area contributed by atoms with Crippen molar-refractivity contribution in [2.24, 2.45) is 0 Å². The molecule has 3 aromatic carbocycles. The maximum Gasteiger partial charge on any atom is 0.272 e. The summed E-state index contributed by atoms with van der Waals surface area (Å²) in [6.07, 6.45) is 3.19. The number of benzene rings is 3. The van der Waals surface area contributed by atoms with E-state index in [0.717, 1.165) is 4.90 Å². The molecule has 0 saturated carbocycles. The van der Waals surface area contributed by atoms with Gasteiger partial charge >= 0.3 is 0 Å². The Hall–Kier alpha value is -4.41. The Morgan fingerprint density at radius 3 is 2.53 bits per heavy atom. The number of carbonyl (C=O) groups is 3. The van der Waals surface area contributed by atoms with Gasteiger partial charge in [0.05, 0.1) is 12.9 Å². The number of aromatic nitrogens is 1. The van der Waals surface area contributed by atoms with Crippen LogP contribution in [0.3, 0.4) is 0 Å². The number of para-hydroxylation sites is 1. The van der Waals surface area contributed by atoms with Crippen molar-refractivity contribution in [2.75, 3.05) is 23.5 Å². The highest BCUT2D eigenvalue weighted by atomic mass is 32.2. The highest BCUT2D eigenvalue weighted by Gasteiger charge is 2.16. The van der Waals surface area contributed by atoms with Gasteiger partial charge < -0.3 is 20.7 Å². The standard InChI is InChI=1S/C28H24N4O4S2/c1-36-24-13-6-5-10-20(24)16-23(31-26(34)19-8-3-2-4-9-19)27(35)30-21-11-7-12-22(17-21)38-18-25(33)32-28-29-14-15-37-28/h2-17H,18H2,1H3,(H,30,35)(H,31,34)(H,29,32,33)/b23-16+. The molecule has 4 rings (SSSR count). The molecule has 0 aliphatic rings. The van der Waals surface area contributed by atoms with Crippen molar-refractivity contribution >= 4 is 57.7 Å². The van der Waals surface area contributed by atoms with Crippen LogP contribution < -0.4 is 20.7 Å². The predicted molar refractivity (Wildman–Crippen MR) is 151 cm³/mol. The zero-order chi connectivity index (χ0) is 26.7. The minimum absolute atomic E-state index is 0.0456. The second-order valence-corrected chi connectivity index (χ2v) is 9.72. The smallest absolute Gasteiger partial charge is 0.272 e. The number of ether oxygens (including phenoxy) is 1. The SMILES string of the molecule is COc1ccccc1/C=C(/NC(=O)c1ccccc1)C(=O)Nc1cccc(SCC(=O)Nc2nccs2)c1. The molecule has 0 aliphatic carbocycles. The van der Waals surface area contributed by atoms with Crippen LogP contribution in [0.4, 0.5) is 10.8 Å². The number of methoxy groups -OCH3 is 1. The number of nitrogens with one attached hydrogen (secondary N) is 3. The van der Waals surface area contributed by atoms with Crippen LogP contribution in [-0.4, -0.2) is 35.6 Å². The van der Waals surface area contributed by atoms with E-state index < -0.39 is 11.8 Å². The Bertz CT molecular complexity index is 1440. The molecule has 1 heterocycles. The van der Waals surface area contributed by atoms with Crippen molar-refractivity contribution in [3.05, 3.63) is 107 Å². The van der Waals surface area contributed by atoms with Gasteiger partial charge in [0, 0.05) is 33.3 Å². The largest absolute Gasteiger partial charge is 0.496 e. The molecular formula is C28H24N4O4S2. The van der Waals surface area contributed by atoms with E-state index in [1.165, 1.54) is 30.2 Å². The first kappa shape index (κ1) is 26.6. The summed E-state index contributed by atoms with van der Waals surface area (Å²) in [6, 6.07) is 23.0. The van der Waals surface area contributed by atoms with E-state index in [0.29, 0.717) is 27.7 Å². The Balaban J connectivity index is 1.49. The average Bonchev–Trinajstić information content (AvgIpc) is 3.45. The third-order valence-electron chi connectivity index (χ3n) is 5.11.